The number of thiophene rings is 1. The molecule has 0 amide bonds. The lowest BCUT2D eigenvalue weighted by Gasteiger charge is -2.15. The predicted octanol–water partition coefficient (Wildman–Crippen LogP) is 2.98. The summed E-state index contributed by atoms with van der Waals surface area (Å²) in [6.45, 7) is 2.79. The maximum Gasteiger partial charge on any atom is 0.148 e. The molecular formula is C10H12Cl2N4S. The minimum Gasteiger partial charge on any atom is -0.307 e. The Morgan fingerprint density at radius 1 is 1.53 bits per heavy atom. The summed E-state index contributed by atoms with van der Waals surface area (Å²) in [5.74, 6) is 0.839. The number of nitrogens with one attached hydrogen (secondary N) is 1. The van der Waals surface area contributed by atoms with E-state index in [1.165, 1.54) is 11.3 Å². The van der Waals surface area contributed by atoms with E-state index in [0.717, 1.165) is 17.9 Å². The third-order valence-electron chi connectivity index (χ3n) is 2.49. The lowest BCUT2D eigenvalue weighted by atomic mass is 10.1. The zero-order valence-electron chi connectivity index (χ0n) is 9.44. The normalized spacial score (nSPS) is 12.9. The van der Waals surface area contributed by atoms with Crippen LogP contribution in [0.5, 0.6) is 0 Å². The second kappa shape index (κ2) is 5.35. The van der Waals surface area contributed by atoms with Crippen molar-refractivity contribution >= 4 is 34.5 Å². The fraction of sp³-hybridized carbons (Fsp3) is 0.400. The minimum atomic E-state index is -0.0892. The monoisotopic (exact) mass is 290 g/mol. The molecule has 2 aromatic heterocycles. The van der Waals surface area contributed by atoms with E-state index in [9.17, 15) is 0 Å². The Labute approximate surface area is 114 Å². The Morgan fingerprint density at radius 2 is 2.29 bits per heavy atom. The van der Waals surface area contributed by atoms with Gasteiger partial charge in [-0.25, -0.2) is 9.67 Å². The predicted molar refractivity (Wildman–Crippen MR) is 70.9 cm³/mol. The molecule has 0 aliphatic heterocycles. The van der Waals surface area contributed by atoms with Crippen LogP contribution in [0.25, 0.3) is 0 Å². The molecule has 7 heteroatoms. The fourth-order valence-corrected chi connectivity index (χ4v) is 3.25. The molecular weight excluding hydrogens is 279 g/mol. The molecule has 92 valence electrons. The molecule has 1 atom stereocenters. The molecule has 2 rings (SSSR count). The number of nitrogens with zero attached hydrogens (tertiary/aromatic N) is 3. The minimum absolute atomic E-state index is 0.0892. The Bertz CT molecular complexity index is 508. The number of aryl methyl sites for hydroxylation is 1. The quantitative estimate of drug-likeness (QED) is 0.941. The van der Waals surface area contributed by atoms with Crippen LogP contribution >= 0.6 is 34.5 Å². The number of hydrogen-bond donors (Lipinski definition) is 1. The van der Waals surface area contributed by atoms with Gasteiger partial charge in [0.25, 0.3) is 0 Å². The molecule has 1 N–H and O–H groups in total. The van der Waals surface area contributed by atoms with Gasteiger partial charge in [0.15, 0.2) is 0 Å². The van der Waals surface area contributed by atoms with E-state index < -0.39 is 0 Å². The highest BCUT2D eigenvalue weighted by Crippen LogP contribution is 2.36. The second-order valence-corrected chi connectivity index (χ2v) is 5.72. The number of aromatic nitrogens is 3. The molecule has 2 heterocycles. The largest absolute Gasteiger partial charge is 0.307 e. The highest BCUT2D eigenvalue weighted by Gasteiger charge is 2.22. The van der Waals surface area contributed by atoms with Crippen LogP contribution in [-0.4, -0.2) is 21.8 Å². The van der Waals surface area contributed by atoms with Gasteiger partial charge in [0, 0.05) is 12.1 Å². The van der Waals surface area contributed by atoms with Crippen molar-refractivity contribution in [2.45, 2.75) is 19.5 Å². The van der Waals surface area contributed by atoms with Gasteiger partial charge < -0.3 is 5.32 Å². The molecule has 17 heavy (non-hydrogen) atoms. The average Bonchev–Trinajstić information content (AvgIpc) is 2.88. The van der Waals surface area contributed by atoms with Gasteiger partial charge in [0.1, 0.15) is 12.2 Å². The van der Waals surface area contributed by atoms with Crippen LogP contribution in [-0.2, 0) is 6.54 Å². The van der Waals surface area contributed by atoms with Crippen LogP contribution < -0.4 is 5.32 Å². The molecule has 0 saturated heterocycles. The van der Waals surface area contributed by atoms with Crippen LogP contribution in [0.3, 0.4) is 0 Å². The van der Waals surface area contributed by atoms with E-state index in [-0.39, 0.29) is 6.04 Å². The molecule has 0 bridgehead atoms. The van der Waals surface area contributed by atoms with Crippen LogP contribution in [0.4, 0.5) is 0 Å². The van der Waals surface area contributed by atoms with Gasteiger partial charge in [-0.3, -0.25) is 0 Å². The molecule has 2 aromatic rings. The molecule has 4 nitrogen and oxygen atoms in total. The van der Waals surface area contributed by atoms with Gasteiger partial charge in [-0.05, 0) is 20.0 Å². The summed E-state index contributed by atoms with van der Waals surface area (Å²) in [6.07, 6.45) is 1.55. The average molecular weight is 291 g/mol. The molecule has 0 fully saturated rings. The molecule has 0 saturated carbocycles. The van der Waals surface area contributed by atoms with Crippen molar-refractivity contribution in [2.75, 3.05) is 7.05 Å². The molecule has 0 spiro atoms. The first kappa shape index (κ1) is 12.8. The Balaban J connectivity index is 2.43. The van der Waals surface area contributed by atoms with Gasteiger partial charge >= 0.3 is 0 Å². The summed E-state index contributed by atoms with van der Waals surface area (Å²) in [7, 11) is 1.86. The highest BCUT2D eigenvalue weighted by molar-refractivity contribution is 7.20. The molecule has 0 radical (unpaired) electrons. The van der Waals surface area contributed by atoms with Gasteiger partial charge in [0.05, 0.1) is 14.7 Å². The zero-order chi connectivity index (χ0) is 12.4. The Kier molecular flexibility index (Phi) is 4.04. The van der Waals surface area contributed by atoms with Crippen molar-refractivity contribution in [3.8, 4) is 0 Å². The molecule has 0 aliphatic rings. The van der Waals surface area contributed by atoms with E-state index in [4.69, 9.17) is 23.2 Å². The lowest BCUT2D eigenvalue weighted by molar-refractivity contribution is 0.553. The summed E-state index contributed by atoms with van der Waals surface area (Å²) in [4.78, 5) is 4.28. The van der Waals surface area contributed by atoms with Crippen molar-refractivity contribution < 1.29 is 0 Å². The second-order valence-electron chi connectivity index (χ2n) is 3.44. The van der Waals surface area contributed by atoms with Crippen molar-refractivity contribution in [1.29, 1.82) is 0 Å². The SMILES string of the molecule is CCn1ncnc1C(NC)c1cc(Cl)sc1Cl. The summed E-state index contributed by atoms with van der Waals surface area (Å²) in [6, 6.07) is 1.78. The first-order valence-corrected chi connectivity index (χ1v) is 6.74. The zero-order valence-corrected chi connectivity index (χ0v) is 11.8. The number of hydrogen-bond acceptors (Lipinski definition) is 4. The van der Waals surface area contributed by atoms with Crippen molar-refractivity contribution in [3.05, 3.63) is 32.5 Å². The van der Waals surface area contributed by atoms with Gasteiger partial charge in [-0.1, -0.05) is 23.2 Å². The van der Waals surface area contributed by atoms with Crippen LogP contribution in [0.15, 0.2) is 12.4 Å². The standard InChI is InChI=1S/C10H12Cl2N4S/c1-3-16-10(14-5-15-16)8(13-2)6-4-7(11)17-9(6)12/h4-5,8,13H,3H2,1-2H3. The van der Waals surface area contributed by atoms with E-state index >= 15 is 0 Å². The van der Waals surface area contributed by atoms with Gasteiger partial charge in [0.2, 0.25) is 0 Å². The molecule has 1 unspecified atom stereocenters. The summed E-state index contributed by atoms with van der Waals surface area (Å²) in [5, 5.41) is 7.35. The smallest absolute Gasteiger partial charge is 0.148 e. The summed E-state index contributed by atoms with van der Waals surface area (Å²) >= 11 is 13.5. The Hall–Kier alpha value is -0.620. The molecule has 0 aliphatic carbocycles. The van der Waals surface area contributed by atoms with E-state index in [0.29, 0.717) is 8.67 Å². The Morgan fingerprint density at radius 3 is 2.82 bits per heavy atom. The van der Waals surface area contributed by atoms with Crippen molar-refractivity contribution in [3.63, 3.8) is 0 Å². The van der Waals surface area contributed by atoms with Crippen LogP contribution in [0.2, 0.25) is 8.67 Å². The first-order valence-electron chi connectivity index (χ1n) is 5.17. The third-order valence-corrected chi connectivity index (χ3v) is 4.00. The third kappa shape index (κ3) is 2.47. The first-order chi connectivity index (χ1) is 8.17. The van der Waals surface area contributed by atoms with E-state index in [1.54, 1.807) is 6.33 Å². The van der Waals surface area contributed by atoms with E-state index in [2.05, 4.69) is 15.4 Å². The maximum atomic E-state index is 6.17. The van der Waals surface area contributed by atoms with Crippen LogP contribution in [0.1, 0.15) is 24.4 Å². The number of halogens is 2. The highest BCUT2D eigenvalue weighted by atomic mass is 35.5. The summed E-state index contributed by atoms with van der Waals surface area (Å²) < 4.78 is 3.19. The number of rotatable bonds is 4. The van der Waals surface area contributed by atoms with Gasteiger partial charge in [-0.15, -0.1) is 11.3 Å². The van der Waals surface area contributed by atoms with E-state index in [1.807, 2.05) is 24.7 Å². The van der Waals surface area contributed by atoms with Crippen LogP contribution in [0, 0.1) is 0 Å². The fourth-order valence-electron chi connectivity index (χ4n) is 1.71. The summed E-state index contributed by atoms with van der Waals surface area (Å²) in [5.41, 5.74) is 0.937. The van der Waals surface area contributed by atoms with Gasteiger partial charge in [-0.2, -0.15) is 5.10 Å². The van der Waals surface area contributed by atoms with Crippen molar-refractivity contribution in [1.82, 2.24) is 20.1 Å². The van der Waals surface area contributed by atoms with Crippen molar-refractivity contribution in [2.24, 2.45) is 0 Å². The maximum absolute atomic E-state index is 6.17. The molecule has 0 aromatic carbocycles. The lowest BCUT2D eigenvalue weighted by Crippen LogP contribution is -2.22. The topological polar surface area (TPSA) is 42.7 Å².